The molecule has 3 rings (SSSR count). The van der Waals surface area contributed by atoms with Crippen LogP contribution in [0, 0.1) is 0 Å². The summed E-state index contributed by atoms with van der Waals surface area (Å²) in [6, 6.07) is 16.8. The van der Waals surface area contributed by atoms with E-state index in [2.05, 4.69) is 10.5 Å². The molecule has 0 saturated heterocycles. The Morgan fingerprint density at radius 2 is 1.85 bits per heavy atom. The van der Waals surface area contributed by atoms with Crippen LogP contribution in [0.25, 0.3) is 11.3 Å². The van der Waals surface area contributed by atoms with Crippen molar-refractivity contribution in [3.63, 3.8) is 0 Å². The molecule has 6 nitrogen and oxygen atoms in total. The Morgan fingerprint density at radius 3 is 2.59 bits per heavy atom. The number of furan rings is 1. The van der Waals surface area contributed by atoms with Gasteiger partial charge in [0.05, 0.1) is 18.9 Å². The summed E-state index contributed by atoms with van der Waals surface area (Å²) in [6.07, 6.45) is 1.39. The molecule has 1 N–H and O–H groups in total. The van der Waals surface area contributed by atoms with Crippen molar-refractivity contribution in [1.29, 1.82) is 0 Å². The van der Waals surface area contributed by atoms with Gasteiger partial charge >= 0.3 is 5.97 Å². The van der Waals surface area contributed by atoms with Crippen molar-refractivity contribution in [3.05, 3.63) is 82.6 Å². The molecule has 3 aromatic rings. The van der Waals surface area contributed by atoms with Crippen LogP contribution in [0.3, 0.4) is 0 Å². The average Bonchev–Trinajstić information content (AvgIpc) is 3.17. The second kappa shape index (κ2) is 8.33. The predicted octanol–water partition coefficient (Wildman–Crippen LogP) is 4.15. The molecule has 7 heteroatoms. The summed E-state index contributed by atoms with van der Waals surface area (Å²) in [5.41, 5.74) is 4.01. The maximum atomic E-state index is 12.0. The number of carbonyl (C=O) groups is 2. The van der Waals surface area contributed by atoms with Crippen molar-refractivity contribution >= 4 is 29.7 Å². The maximum absolute atomic E-state index is 12.0. The molecule has 2 aromatic carbocycles. The molecule has 0 aliphatic carbocycles. The molecular weight excluding hydrogens is 368 g/mol. The minimum Gasteiger partial charge on any atom is -0.465 e. The Kier molecular flexibility index (Phi) is 5.68. The van der Waals surface area contributed by atoms with E-state index in [0.29, 0.717) is 27.7 Å². The van der Waals surface area contributed by atoms with Crippen LogP contribution in [0.15, 0.2) is 70.2 Å². The van der Waals surface area contributed by atoms with Gasteiger partial charge in [-0.2, -0.15) is 5.10 Å². The van der Waals surface area contributed by atoms with E-state index >= 15 is 0 Å². The van der Waals surface area contributed by atoms with Crippen LogP contribution < -0.4 is 5.43 Å². The fourth-order valence-electron chi connectivity index (χ4n) is 2.31. The van der Waals surface area contributed by atoms with E-state index in [9.17, 15) is 9.59 Å². The molecule has 0 unspecified atom stereocenters. The highest BCUT2D eigenvalue weighted by molar-refractivity contribution is 6.30. The molecule has 1 heterocycles. The van der Waals surface area contributed by atoms with Crippen LogP contribution in [0.4, 0.5) is 0 Å². The zero-order valence-corrected chi connectivity index (χ0v) is 15.1. The Balaban J connectivity index is 1.67. The topological polar surface area (TPSA) is 80.9 Å². The summed E-state index contributed by atoms with van der Waals surface area (Å²) >= 11 is 5.79. The summed E-state index contributed by atoms with van der Waals surface area (Å²) in [6.45, 7) is 0. The van der Waals surface area contributed by atoms with Crippen LogP contribution in [0.2, 0.25) is 5.02 Å². The Hall–Kier alpha value is -3.38. The van der Waals surface area contributed by atoms with Gasteiger partial charge in [0, 0.05) is 16.1 Å². The Labute approximate surface area is 160 Å². The van der Waals surface area contributed by atoms with Crippen LogP contribution in [0.1, 0.15) is 26.5 Å². The minimum atomic E-state index is -0.421. The molecule has 1 aromatic heterocycles. The van der Waals surface area contributed by atoms with E-state index < -0.39 is 5.97 Å². The molecule has 0 saturated carbocycles. The minimum absolute atomic E-state index is 0.361. The summed E-state index contributed by atoms with van der Waals surface area (Å²) in [7, 11) is 1.33. The highest BCUT2D eigenvalue weighted by Crippen LogP contribution is 2.23. The normalized spacial score (nSPS) is 10.7. The molecule has 0 radical (unpaired) electrons. The summed E-state index contributed by atoms with van der Waals surface area (Å²) in [5.74, 6) is 0.228. The number of rotatable bonds is 5. The third kappa shape index (κ3) is 4.62. The first-order valence-electron chi connectivity index (χ1n) is 7.94. The van der Waals surface area contributed by atoms with Crippen LogP contribution in [0.5, 0.6) is 0 Å². The van der Waals surface area contributed by atoms with E-state index in [1.165, 1.54) is 13.3 Å². The molecule has 0 spiro atoms. The molecule has 136 valence electrons. The number of carbonyl (C=O) groups excluding carboxylic acids is 2. The van der Waals surface area contributed by atoms with Crippen molar-refractivity contribution in [1.82, 2.24) is 5.43 Å². The van der Waals surface area contributed by atoms with E-state index in [-0.39, 0.29) is 5.91 Å². The number of hydrazone groups is 1. The van der Waals surface area contributed by atoms with Gasteiger partial charge in [0.2, 0.25) is 0 Å². The van der Waals surface area contributed by atoms with Gasteiger partial charge in [-0.3, -0.25) is 4.79 Å². The van der Waals surface area contributed by atoms with Gasteiger partial charge < -0.3 is 9.15 Å². The Bertz CT molecular complexity index is 993. The first kappa shape index (κ1) is 18.4. The van der Waals surface area contributed by atoms with Crippen molar-refractivity contribution < 1.29 is 18.7 Å². The van der Waals surface area contributed by atoms with Crippen molar-refractivity contribution in [2.75, 3.05) is 7.11 Å². The summed E-state index contributed by atoms with van der Waals surface area (Å²) < 4.78 is 10.4. The van der Waals surface area contributed by atoms with Crippen LogP contribution >= 0.6 is 11.6 Å². The predicted molar refractivity (Wildman–Crippen MR) is 102 cm³/mol. The smallest absolute Gasteiger partial charge is 0.337 e. The molecule has 0 bridgehead atoms. The van der Waals surface area contributed by atoms with Crippen LogP contribution in [-0.4, -0.2) is 25.2 Å². The number of amides is 1. The second-order valence-electron chi connectivity index (χ2n) is 5.48. The average molecular weight is 383 g/mol. The third-order valence-corrected chi connectivity index (χ3v) is 3.91. The molecule has 0 aliphatic heterocycles. The number of halogens is 1. The first-order chi connectivity index (χ1) is 13.1. The molecule has 0 atom stereocenters. The lowest BCUT2D eigenvalue weighted by atomic mass is 10.1. The number of hydrogen-bond donors (Lipinski definition) is 1. The van der Waals surface area contributed by atoms with Gasteiger partial charge in [-0.15, -0.1) is 0 Å². The maximum Gasteiger partial charge on any atom is 0.337 e. The number of nitrogens with zero attached hydrogens (tertiary/aromatic N) is 1. The van der Waals surface area contributed by atoms with E-state index in [1.807, 2.05) is 6.07 Å². The number of methoxy groups -OCH3 is 1. The highest BCUT2D eigenvalue weighted by Gasteiger charge is 2.09. The lowest BCUT2D eigenvalue weighted by Gasteiger charge is -2.01. The van der Waals surface area contributed by atoms with Gasteiger partial charge in [0.1, 0.15) is 11.5 Å². The number of hydrogen-bond acceptors (Lipinski definition) is 5. The largest absolute Gasteiger partial charge is 0.465 e. The van der Waals surface area contributed by atoms with Crippen molar-refractivity contribution in [2.24, 2.45) is 5.10 Å². The second-order valence-corrected chi connectivity index (χ2v) is 5.92. The molecule has 0 aliphatic rings. The molecule has 0 fully saturated rings. The van der Waals surface area contributed by atoms with Gasteiger partial charge in [-0.1, -0.05) is 23.7 Å². The number of esters is 1. The monoisotopic (exact) mass is 382 g/mol. The van der Waals surface area contributed by atoms with E-state index in [0.717, 1.165) is 5.56 Å². The third-order valence-electron chi connectivity index (χ3n) is 3.66. The number of benzene rings is 2. The van der Waals surface area contributed by atoms with Gasteiger partial charge in [-0.25, -0.2) is 10.2 Å². The number of ether oxygens (including phenoxy) is 1. The summed E-state index contributed by atoms with van der Waals surface area (Å²) in [5, 5.41) is 4.43. The van der Waals surface area contributed by atoms with Crippen LogP contribution in [-0.2, 0) is 4.74 Å². The SMILES string of the molecule is COC(=O)c1cccc(-c2ccc(/C=N\NC(=O)c3ccc(Cl)cc3)o2)c1. The van der Waals surface area contributed by atoms with Gasteiger partial charge in [-0.05, 0) is 48.5 Å². The van der Waals surface area contributed by atoms with Gasteiger partial charge in [0.15, 0.2) is 0 Å². The van der Waals surface area contributed by atoms with Crippen molar-refractivity contribution in [3.8, 4) is 11.3 Å². The van der Waals surface area contributed by atoms with Crippen molar-refractivity contribution in [2.45, 2.75) is 0 Å². The standard InChI is InChI=1S/C20H15ClN2O4/c1-26-20(25)15-4-2-3-14(11-15)18-10-9-17(27-18)12-22-23-19(24)13-5-7-16(21)8-6-13/h2-12H,1H3,(H,23,24)/b22-12-. The fourth-order valence-corrected chi connectivity index (χ4v) is 2.44. The van der Waals surface area contributed by atoms with Gasteiger partial charge in [0.25, 0.3) is 5.91 Å². The molecular formula is C20H15ClN2O4. The molecule has 27 heavy (non-hydrogen) atoms. The Morgan fingerprint density at radius 1 is 1.07 bits per heavy atom. The first-order valence-corrected chi connectivity index (χ1v) is 8.32. The number of nitrogens with one attached hydrogen (secondary N) is 1. The lowest BCUT2D eigenvalue weighted by molar-refractivity contribution is 0.0600. The lowest BCUT2D eigenvalue weighted by Crippen LogP contribution is -2.17. The van der Waals surface area contributed by atoms with E-state index in [4.69, 9.17) is 20.8 Å². The fraction of sp³-hybridized carbons (Fsp3) is 0.0500. The summed E-state index contributed by atoms with van der Waals surface area (Å²) in [4.78, 5) is 23.6. The zero-order valence-electron chi connectivity index (χ0n) is 14.3. The zero-order chi connectivity index (χ0) is 19.2. The highest BCUT2D eigenvalue weighted by atomic mass is 35.5. The molecule has 1 amide bonds. The quantitative estimate of drug-likeness (QED) is 0.408. The van der Waals surface area contributed by atoms with E-state index in [1.54, 1.807) is 54.6 Å².